The van der Waals surface area contributed by atoms with Gasteiger partial charge in [-0.1, -0.05) is 12.1 Å². The summed E-state index contributed by atoms with van der Waals surface area (Å²) in [6, 6.07) is 6.36. The largest absolute Gasteiger partial charge is 0.486 e. The molecule has 1 N–H and O–H groups in total. The number of ether oxygens (including phenoxy) is 2. The molecule has 1 aromatic rings. The number of nitrogens with one attached hydrogen (secondary N) is 1. The maximum absolute atomic E-state index is 5.56. The van der Waals surface area contributed by atoms with Crippen molar-refractivity contribution in [1.82, 2.24) is 5.32 Å². The SMILES string of the molecule is C=CCC(NC)c1ccc2c(c1)OCCO2. The van der Waals surface area contributed by atoms with E-state index in [1.165, 1.54) is 5.56 Å². The van der Waals surface area contributed by atoms with Gasteiger partial charge in [0, 0.05) is 6.04 Å². The van der Waals surface area contributed by atoms with Crippen molar-refractivity contribution < 1.29 is 9.47 Å². The Morgan fingerprint density at radius 2 is 2.12 bits per heavy atom. The first-order valence-corrected chi connectivity index (χ1v) is 5.53. The number of hydrogen-bond donors (Lipinski definition) is 1. The third kappa shape index (κ3) is 2.19. The fourth-order valence-electron chi connectivity index (χ4n) is 1.86. The predicted octanol–water partition coefficient (Wildman–Crippen LogP) is 2.29. The van der Waals surface area contributed by atoms with E-state index in [2.05, 4.69) is 18.0 Å². The molecule has 0 saturated heterocycles. The summed E-state index contributed by atoms with van der Waals surface area (Å²) >= 11 is 0. The third-order valence-corrected chi connectivity index (χ3v) is 2.72. The topological polar surface area (TPSA) is 30.5 Å². The Hall–Kier alpha value is -1.48. The van der Waals surface area contributed by atoms with E-state index in [-0.39, 0.29) is 6.04 Å². The zero-order valence-corrected chi connectivity index (χ0v) is 9.53. The van der Waals surface area contributed by atoms with Gasteiger partial charge in [0.05, 0.1) is 0 Å². The van der Waals surface area contributed by atoms with Crippen molar-refractivity contribution in [3.8, 4) is 11.5 Å². The summed E-state index contributed by atoms with van der Waals surface area (Å²) in [5, 5.41) is 3.26. The lowest BCUT2D eigenvalue weighted by Crippen LogP contribution is -2.18. The van der Waals surface area contributed by atoms with Gasteiger partial charge < -0.3 is 14.8 Å². The zero-order chi connectivity index (χ0) is 11.4. The van der Waals surface area contributed by atoms with Crippen LogP contribution in [0, 0.1) is 0 Å². The first kappa shape index (κ1) is 11.0. The molecule has 0 aromatic heterocycles. The van der Waals surface area contributed by atoms with Gasteiger partial charge in [-0.15, -0.1) is 6.58 Å². The van der Waals surface area contributed by atoms with Crippen molar-refractivity contribution in [3.05, 3.63) is 36.4 Å². The Morgan fingerprint density at radius 3 is 2.81 bits per heavy atom. The predicted molar refractivity (Wildman–Crippen MR) is 64.0 cm³/mol. The molecule has 1 atom stereocenters. The molecule has 1 aromatic carbocycles. The molecule has 0 fully saturated rings. The smallest absolute Gasteiger partial charge is 0.161 e. The van der Waals surface area contributed by atoms with Crippen LogP contribution in [0.1, 0.15) is 18.0 Å². The second-order valence-corrected chi connectivity index (χ2v) is 3.77. The summed E-state index contributed by atoms with van der Waals surface area (Å²) in [5.74, 6) is 1.68. The zero-order valence-electron chi connectivity index (χ0n) is 9.53. The molecule has 3 heteroatoms. The van der Waals surface area contributed by atoms with E-state index in [1.54, 1.807) is 0 Å². The van der Waals surface area contributed by atoms with Crippen LogP contribution >= 0.6 is 0 Å². The summed E-state index contributed by atoms with van der Waals surface area (Å²) in [5.41, 5.74) is 1.20. The molecular formula is C13H17NO2. The van der Waals surface area contributed by atoms with Crippen LogP contribution < -0.4 is 14.8 Å². The lowest BCUT2D eigenvalue weighted by Gasteiger charge is -2.21. The quantitative estimate of drug-likeness (QED) is 0.788. The summed E-state index contributed by atoms with van der Waals surface area (Å²) < 4.78 is 11.0. The lowest BCUT2D eigenvalue weighted by atomic mass is 10.0. The molecule has 1 heterocycles. The van der Waals surface area contributed by atoms with Gasteiger partial charge in [0.2, 0.25) is 0 Å². The van der Waals surface area contributed by atoms with Gasteiger partial charge in [0.15, 0.2) is 11.5 Å². The van der Waals surface area contributed by atoms with Crippen LogP contribution in [0.25, 0.3) is 0 Å². The monoisotopic (exact) mass is 219 g/mol. The van der Waals surface area contributed by atoms with Crippen LogP contribution in [-0.4, -0.2) is 20.3 Å². The normalized spacial score (nSPS) is 15.6. The number of benzene rings is 1. The van der Waals surface area contributed by atoms with Gasteiger partial charge >= 0.3 is 0 Å². The molecule has 16 heavy (non-hydrogen) atoms. The minimum absolute atomic E-state index is 0.285. The molecule has 0 saturated carbocycles. The van der Waals surface area contributed by atoms with Gasteiger partial charge in [0.1, 0.15) is 13.2 Å². The fourth-order valence-corrected chi connectivity index (χ4v) is 1.86. The highest BCUT2D eigenvalue weighted by Crippen LogP contribution is 2.33. The molecular weight excluding hydrogens is 202 g/mol. The van der Waals surface area contributed by atoms with Gasteiger partial charge in [-0.25, -0.2) is 0 Å². The van der Waals surface area contributed by atoms with Gasteiger partial charge in [-0.2, -0.15) is 0 Å². The summed E-state index contributed by atoms with van der Waals surface area (Å²) in [6.07, 6.45) is 2.81. The summed E-state index contributed by atoms with van der Waals surface area (Å²) in [6.45, 7) is 5.03. The molecule has 86 valence electrons. The highest BCUT2D eigenvalue weighted by Gasteiger charge is 2.14. The van der Waals surface area contributed by atoms with E-state index < -0.39 is 0 Å². The number of fused-ring (bicyclic) bond motifs is 1. The fraction of sp³-hybridized carbons (Fsp3) is 0.385. The van der Waals surface area contributed by atoms with E-state index in [0.717, 1.165) is 17.9 Å². The minimum atomic E-state index is 0.285. The summed E-state index contributed by atoms with van der Waals surface area (Å²) in [7, 11) is 1.95. The standard InChI is InChI=1S/C13H17NO2/c1-3-4-11(14-2)10-5-6-12-13(9-10)16-8-7-15-12/h3,5-6,9,11,14H,1,4,7-8H2,2H3. The van der Waals surface area contributed by atoms with E-state index >= 15 is 0 Å². The first-order chi connectivity index (χ1) is 7.85. The average molecular weight is 219 g/mol. The van der Waals surface area contributed by atoms with Crippen LogP contribution in [0.5, 0.6) is 11.5 Å². The van der Waals surface area contributed by atoms with Crippen molar-refractivity contribution in [3.63, 3.8) is 0 Å². The molecule has 3 nitrogen and oxygen atoms in total. The lowest BCUT2D eigenvalue weighted by molar-refractivity contribution is 0.171. The van der Waals surface area contributed by atoms with Crippen LogP contribution in [0.4, 0.5) is 0 Å². The first-order valence-electron chi connectivity index (χ1n) is 5.53. The number of hydrogen-bond acceptors (Lipinski definition) is 3. The molecule has 1 aliphatic rings. The maximum atomic E-state index is 5.56. The molecule has 0 radical (unpaired) electrons. The molecule has 0 spiro atoms. The molecule has 0 aliphatic carbocycles. The molecule has 1 unspecified atom stereocenters. The second kappa shape index (κ2) is 5.03. The van der Waals surface area contributed by atoms with Crippen LogP contribution in [0.3, 0.4) is 0 Å². The number of rotatable bonds is 4. The van der Waals surface area contributed by atoms with Gasteiger partial charge in [-0.3, -0.25) is 0 Å². The highest BCUT2D eigenvalue weighted by molar-refractivity contribution is 5.44. The van der Waals surface area contributed by atoms with Crippen LogP contribution in [0.15, 0.2) is 30.9 Å². The Kier molecular flexibility index (Phi) is 3.47. The van der Waals surface area contributed by atoms with Crippen molar-refractivity contribution in [1.29, 1.82) is 0 Å². The van der Waals surface area contributed by atoms with Gasteiger partial charge in [0.25, 0.3) is 0 Å². The minimum Gasteiger partial charge on any atom is -0.486 e. The second-order valence-electron chi connectivity index (χ2n) is 3.77. The van der Waals surface area contributed by atoms with Crippen molar-refractivity contribution in [2.24, 2.45) is 0 Å². The van der Waals surface area contributed by atoms with Gasteiger partial charge in [-0.05, 0) is 31.2 Å². The Morgan fingerprint density at radius 1 is 1.38 bits per heavy atom. The van der Waals surface area contributed by atoms with E-state index in [4.69, 9.17) is 9.47 Å². The van der Waals surface area contributed by atoms with Crippen molar-refractivity contribution >= 4 is 0 Å². The Balaban J connectivity index is 2.24. The molecule has 0 bridgehead atoms. The maximum Gasteiger partial charge on any atom is 0.161 e. The molecule has 1 aliphatic heterocycles. The van der Waals surface area contributed by atoms with Crippen molar-refractivity contribution in [2.75, 3.05) is 20.3 Å². The van der Waals surface area contributed by atoms with Crippen molar-refractivity contribution in [2.45, 2.75) is 12.5 Å². The van der Waals surface area contributed by atoms with E-state index in [9.17, 15) is 0 Å². The van der Waals surface area contributed by atoms with E-state index in [1.807, 2.05) is 25.3 Å². The highest BCUT2D eigenvalue weighted by atomic mass is 16.6. The molecule has 0 amide bonds. The van der Waals surface area contributed by atoms with E-state index in [0.29, 0.717) is 13.2 Å². The summed E-state index contributed by atoms with van der Waals surface area (Å²) in [4.78, 5) is 0. The molecule has 2 rings (SSSR count). The van der Waals surface area contributed by atoms with Crippen LogP contribution in [0.2, 0.25) is 0 Å². The Labute approximate surface area is 96.1 Å². The average Bonchev–Trinajstić information content (AvgIpc) is 2.35. The van der Waals surface area contributed by atoms with Crippen LogP contribution in [-0.2, 0) is 0 Å². The third-order valence-electron chi connectivity index (χ3n) is 2.72. The Bertz CT molecular complexity index is 376.